The molecule has 0 aliphatic heterocycles. The Morgan fingerprint density at radius 2 is 2.29 bits per heavy atom. The van der Waals surface area contributed by atoms with Gasteiger partial charge in [0.1, 0.15) is 12.2 Å². The highest BCUT2D eigenvalue weighted by Gasteiger charge is 2.10. The van der Waals surface area contributed by atoms with Crippen molar-refractivity contribution in [2.45, 2.75) is 31.6 Å². The molecule has 80 valence electrons. The maximum Gasteiger partial charge on any atom is 0.138 e. The van der Waals surface area contributed by atoms with Gasteiger partial charge in [-0.1, -0.05) is 13.8 Å². The van der Waals surface area contributed by atoms with Crippen LogP contribution in [0.4, 0.5) is 0 Å². The first-order chi connectivity index (χ1) is 6.59. The molecule has 1 rings (SSSR count). The number of thioether (sulfide) groups is 1. The molecule has 0 saturated carbocycles. The topological polar surface area (TPSA) is 50.9 Å². The highest BCUT2D eigenvalue weighted by molar-refractivity contribution is 7.99. The Morgan fingerprint density at radius 3 is 2.79 bits per heavy atom. The SMILES string of the molecule is CC(C)SCC(O)Cc1ncnn1C. The van der Waals surface area contributed by atoms with Gasteiger partial charge in [-0.15, -0.1) is 0 Å². The molecule has 0 bridgehead atoms. The van der Waals surface area contributed by atoms with Gasteiger partial charge in [-0.05, 0) is 5.25 Å². The molecule has 0 spiro atoms. The van der Waals surface area contributed by atoms with Crippen molar-refractivity contribution >= 4 is 11.8 Å². The molecule has 4 nitrogen and oxygen atoms in total. The lowest BCUT2D eigenvalue weighted by Gasteiger charge is -2.10. The van der Waals surface area contributed by atoms with Crippen molar-refractivity contribution in [1.82, 2.24) is 14.8 Å². The molecule has 1 atom stereocenters. The van der Waals surface area contributed by atoms with Crippen molar-refractivity contribution in [3.63, 3.8) is 0 Å². The summed E-state index contributed by atoms with van der Waals surface area (Å²) in [6, 6.07) is 0. The van der Waals surface area contributed by atoms with Gasteiger partial charge in [0.15, 0.2) is 0 Å². The van der Waals surface area contributed by atoms with Crippen molar-refractivity contribution in [1.29, 1.82) is 0 Å². The number of hydrogen-bond donors (Lipinski definition) is 1. The Bertz CT molecular complexity index is 275. The lowest BCUT2D eigenvalue weighted by atomic mass is 10.3. The summed E-state index contributed by atoms with van der Waals surface area (Å²) in [4.78, 5) is 4.07. The zero-order valence-corrected chi connectivity index (χ0v) is 9.66. The molecule has 1 heterocycles. The van der Waals surface area contributed by atoms with Gasteiger partial charge in [0, 0.05) is 19.2 Å². The minimum atomic E-state index is -0.328. The molecule has 5 heteroatoms. The highest BCUT2D eigenvalue weighted by atomic mass is 32.2. The quantitative estimate of drug-likeness (QED) is 0.791. The lowest BCUT2D eigenvalue weighted by molar-refractivity contribution is 0.196. The minimum absolute atomic E-state index is 0.328. The van der Waals surface area contributed by atoms with Crippen LogP contribution in [-0.2, 0) is 13.5 Å². The molecule has 0 aliphatic carbocycles. The van der Waals surface area contributed by atoms with E-state index >= 15 is 0 Å². The van der Waals surface area contributed by atoms with E-state index in [1.54, 1.807) is 16.4 Å². The minimum Gasteiger partial charge on any atom is -0.392 e. The summed E-state index contributed by atoms with van der Waals surface area (Å²) >= 11 is 1.76. The van der Waals surface area contributed by atoms with Crippen molar-refractivity contribution in [2.75, 3.05) is 5.75 Å². The number of hydrogen-bond acceptors (Lipinski definition) is 4. The third-order valence-corrected chi connectivity index (χ3v) is 3.09. The summed E-state index contributed by atoms with van der Waals surface area (Å²) in [6.07, 6.45) is 1.76. The average Bonchev–Trinajstić information content (AvgIpc) is 2.49. The van der Waals surface area contributed by atoms with Gasteiger partial charge >= 0.3 is 0 Å². The van der Waals surface area contributed by atoms with E-state index in [-0.39, 0.29) is 6.10 Å². The predicted octanol–water partition coefficient (Wildman–Crippen LogP) is 0.860. The van der Waals surface area contributed by atoms with Crippen molar-refractivity contribution in [2.24, 2.45) is 7.05 Å². The van der Waals surface area contributed by atoms with Crippen LogP contribution >= 0.6 is 11.8 Å². The number of aryl methyl sites for hydroxylation is 1. The summed E-state index contributed by atoms with van der Waals surface area (Å²) in [5.74, 6) is 1.59. The van der Waals surface area contributed by atoms with Crippen LogP contribution in [0.5, 0.6) is 0 Å². The second kappa shape index (κ2) is 5.36. The van der Waals surface area contributed by atoms with Crippen LogP contribution in [0.1, 0.15) is 19.7 Å². The van der Waals surface area contributed by atoms with E-state index in [1.165, 1.54) is 6.33 Å². The number of aromatic nitrogens is 3. The third-order valence-electron chi connectivity index (χ3n) is 1.85. The first kappa shape index (κ1) is 11.5. The number of aliphatic hydroxyl groups is 1. The molecular weight excluding hydrogens is 198 g/mol. The number of aliphatic hydroxyl groups excluding tert-OH is 1. The molecule has 0 aliphatic rings. The van der Waals surface area contributed by atoms with Crippen LogP contribution in [0.3, 0.4) is 0 Å². The summed E-state index contributed by atoms with van der Waals surface area (Å²) < 4.78 is 1.70. The molecule has 0 amide bonds. The summed E-state index contributed by atoms with van der Waals surface area (Å²) in [6.45, 7) is 4.25. The zero-order valence-electron chi connectivity index (χ0n) is 8.84. The molecule has 0 radical (unpaired) electrons. The van der Waals surface area contributed by atoms with Gasteiger partial charge in [0.25, 0.3) is 0 Å². The standard InChI is InChI=1S/C9H17N3OS/c1-7(2)14-5-8(13)4-9-10-6-11-12(9)3/h6-8,13H,4-5H2,1-3H3. The molecule has 0 aromatic carbocycles. The third kappa shape index (κ3) is 3.67. The Kier molecular flexibility index (Phi) is 4.41. The van der Waals surface area contributed by atoms with Gasteiger partial charge in [-0.25, -0.2) is 4.98 Å². The Morgan fingerprint density at radius 1 is 1.57 bits per heavy atom. The van der Waals surface area contributed by atoms with Crippen LogP contribution in [0.2, 0.25) is 0 Å². The number of nitrogens with zero attached hydrogens (tertiary/aromatic N) is 3. The van der Waals surface area contributed by atoms with Crippen LogP contribution in [0.25, 0.3) is 0 Å². The summed E-state index contributed by atoms with van der Waals surface area (Å²) in [7, 11) is 1.84. The average molecular weight is 215 g/mol. The molecule has 14 heavy (non-hydrogen) atoms. The first-order valence-electron chi connectivity index (χ1n) is 4.72. The first-order valence-corrected chi connectivity index (χ1v) is 5.77. The number of rotatable bonds is 5. The molecule has 0 fully saturated rings. The molecular formula is C9H17N3OS. The predicted molar refractivity (Wildman–Crippen MR) is 58.3 cm³/mol. The molecule has 0 saturated heterocycles. The molecule has 1 aromatic rings. The fourth-order valence-corrected chi connectivity index (χ4v) is 1.80. The second-order valence-electron chi connectivity index (χ2n) is 3.54. The van der Waals surface area contributed by atoms with Gasteiger partial charge < -0.3 is 5.11 Å². The van der Waals surface area contributed by atoms with Crippen molar-refractivity contribution in [3.05, 3.63) is 12.2 Å². The second-order valence-corrected chi connectivity index (χ2v) is 5.15. The van der Waals surface area contributed by atoms with Crippen molar-refractivity contribution < 1.29 is 5.11 Å². The fraction of sp³-hybridized carbons (Fsp3) is 0.778. The van der Waals surface area contributed by atoms with E-state index < -0.39 is 0 Å². The van der Waals surface area contributed by atoms with Gasteiger partial charge in [0.05, 0.1) is 6.10 Å². The zero-order chi connectivity index (χ0) is 10.6. The van der Waals surface area contributed by atoms with E-state index in [0.717, 1.165) is 11.6 Å². The van der Waals surface area contributed by atoms with Crippen LogP contribution < -0.4 is 0 Å². The largest absolute Gasteiger partial charge is 0.392 e. The maximum absolute atomic E-state index is 9.69. The fourth-order valence-electron chi connectivity index (χ4n) is 1.08. The van der Waals surface area contributed by atoms with Gasteiger partial charge in [-0.2, -0.15) is 16.9 Å². The van der Waals surface area contributed by atoms with Gasteiger partial charge in [0.2, 0.25) is 0 Å². The highest BCUT2D eigenvalue weighted by Crippen LogP contribution is 2.12. The van der Waals surface area contributed by atoms with Crippen LogP contribution in [0, 0.1) is 0 Å². The van der Waals surface area contributed by atoms with E-state index in [1.807, 2.05) is 7.05 Å². The molecule has 1 N–H and O–H groups in total. The normalized spacial score (nSPS) is 13.5. The Labute approximate surface area is 88.7 Å². The lowest BCUT2D eigenvalue weighted by Crippen LogP contribution is -2.17. The van der Waals surface area contributed by atoms with E-state index in [4.69, 9.17) is 0 Å². The monoisotopic (exact) mass is 215 g/mol. The Balaban J connectivity index is 2.34. The molecule has 1 aromatic heterocycles. The summed E-state index contributed by atoms with van der Waals surface area (Å²) in [5, 5.41) is 14.2. The van der Waals surface area contributed by atoms with E-state index in [9.17, 15) is 5.11 Å². The van der Waals surface area contributed by atoms with Crippen molar-refractivity contribution in [3.8, 4) is 0 Å². The van der Waals surface area contributed by atoms with Crippen LogP contribution in [-0.4, -0.2) is 37.0 Å². The Hall–Kier alpha value is -0.550. The van der Waals surface area contributed by atoms with E-state index in [2.05, 4.69) is 23.9 Å². The molecule has 1 unspecified atom stereocenters. The van der Waals surface area contributed by atoms with Crippen LogP contribution in [0.15, 0.2) is 6.33 Å². The summed E-state index contributed by atoms with van der Waals surface area (Å²) in [5.41, 5.74) is 0. The van der Waals surface area contributed by atoms with E-state index in [0.29, 0.717) is 11.7 Å². The smallest absolute Gasteiger partial charge is 0.138 e. The maximum atomic E-state index is 9.69. The van der Waals surface area contributed by atoms with Gasteiger partial charge in [-0.3, -0.25) is 4.68 Å².